The van der Waals surface area contributed by atoms with Crippen LogP contribution < -0.4 is 5.32 Å². The molecule has 0 bridgehead atoms. The molecular weight excluding hydrogens is 290 g/mol. The topological polar surface area (TPSA) is 27.6 Å². The van der Waals surface area contributed by atoms with E-state index in [1.54, 1.807) is 0 Å². The minimum absolute atomic E-state index is 0.301. The smallest absolute Gasteiger partial charge is 0.193 e. The van der Waals surface area contributed by atoms with Gasteiger partial charge in [-0.1, -0.05) is 28.1 Å². The molecule has 1 aliphatic carbocycles. The lowest BCUT2D eigenvalue weighted by Crippen LogP contribution is -2.40. The Kier molecular flexibility index (Phi) is 3.95. The van der Waals surface area contributed by atoms with Crippen LogP contribution in [0, 0.1) is 0 Å². The van der Waals surface area contributed by atoms with Crippen molar-refractivity contribution in [2.45, 2.75) is 18.3 Å². The zero-order valence-electron chi connectivity index (χ0n) is 11.2. The van der Waals surface area contributed by atoms with E-state index in [-0.39, 0.29) is 0 Å². The van der Waals surface area contributed by atoms with E-state index in [1.165, 1.54) is 18.4 Å². The van der Waals surface area contributed by atoms with Crippen molar-refractivity contribution in [1.82, 2.24) is 10.2 Å². The summed E-state index contributed by atoms with van der Waals surface area (Å²) in [4.78, 5) is 6.26. The zero-order chi connectivity index (χ0) is 13.2. The summed E-state index contributed by atoms with van der Waals surface area (Å²) in [5, 5.41) is 3.45. The summed E-state index contributed by atoms with van der Waals surface area (Å²) < 4.78 is 1.16. The van der Waals surface area contributed by atoms with E-state index in [9.17, 15) is 0 Å². The molecule has 1 N–H and O–H groups in total. The molecule has 0 aromatic heterocycles. The normalized spacial score (nSPS) is 17.4. The van der Waals surface area contributed by atoms with E-state index in [0.717, 1.165) is 17.0 Å². The van der Waals surface area contributed by atoms with Crippen molar-refractivity contribution in [3.05, 3.63) is 34.3 Å². The fourth-order valence-corrected chi connectivity index (χ4v) is 2.62. The maximum Gasteiger partial charge on any atom is 0.193 e. The van der Waals surface area contributed by atoms with Crippen LogP contribution in [-0.4, -0.2) is 38.5 Å². The number of hydrogen-bond donors (Lipinski definition) is 1. The Balaban J connectivity index is 2.05. The molecule has 4 heteroatoms. The molecule has 0 saturated heterocycles. The van der Waals surface area contributed by atoms with Crippen LogP contribution in [0.5, 0.6) is 0 Å². The number of hydrogen-bond acceptors (Lipinski definition) is 1. The summed E-state index contributed by atoms with van der Waals surface area (Å²) in [5.41, 5.74) is 1.72. The molecule has 1 saturated carbocycles. The van der Waals surface area contributed by atoms with Crippen LogP contribution in [0.25, 0.3) is 0 Å². The van der Waals surface area contributed by atoms with Crippen molar-refractivity contribution in [3.63, 3.8) is 0 Å². The lowest BCUT2D eigenvalue weighted by atomic mass is 9.96. The molecular formula is C14H20BrN3. The van der Waals surface area contributed by atoms with Crippen LogP contribution in [0.2, 0.25) is 0 Å². The predicted octanol–water partition coefficient (Wildman–Crippen LogP) is 2.62. The Morgan fingerprint density at radius 1 is 1.44 bits per heavy atom. The SMILES string of the molecule is CN=C(NCC1(c2cccc(Br)c2)CC1)N(C)C. The van der Waals surface area contributed by atoms with E-state index in [4.69, 9.17) is 0 Å². The fourth-order valence-electron chi connectivity index (χ4n) is 2.22. The summed E-state index contributed by atoms with van der Waals surface area (Å²) in [6, 6.07) is 8.64. The number of guanidine groups is 1. The molecule has 1 aliphatic rings. The van der Waals surface area contributed by atoms with Gasteiger partial charge in [-0.25, -0.2) is 0 Å². The number of nitrogens with zero attached hydrogens (tertiary/aromatic N) is 2. The number of rotatable bonds is 3. The maximum atomic E-state index is 4.25. The third kappa shape index (κ3) is 2.86. The van der Waals surface area contributed by atoms with Gasteiger partial charge >= 0.3 is 0 Å². The monoisotopic (exact) mass is 309 g/mol. The largest absolute Gasteiger partial charge is 0.355 e. The molecule has 0 aliphatic heterocycles. The molecule has 3 nitrogen and oxygen atoms in total. The summed E-state index contributed by atoms with van der Waals surface area (Å²) in [6.07, 6.45) is 2.50. The first kappa shape index (κ1) is 13.4. The molecule has 0 unspecified atom stereocenters. The number of nitrogens with one attached hydrogen (secondary N) is 1. The quantitative estimate of drug-likeness (QED) is 0.686. The highest BCUT2D eigenvalue weighted by Crippen LogP contribution is 2.48. The van der Waals surface area contributed by atoms with Gasteiger partial charge < -0.3 is 10.2 Å². The van der Waals surface area contributed by atoms with Gasteiger partial charge in [-0.15, -0.1) is 0 Å². The van der Waals surface area contributed by atoms with Crippen LogP contribution in [0.3, 0.4) is 0 Å². The Labute approximate surface area is 117 Å². The Morgan fingerprint density at radius 3 is 2.67 bits per heavy atom. The Bertz CT molecular complexity index is 450. The first-order chi connectivity index (χ1) is 8.57. The van der Waals surface area contributed by atoms with Crippen LogP contribution in [0.4, 0.5) is 0 Å². The van der Waals surface area contributed by atoms with Gasteiger partial charge in [0.1, 0.15) is 0 Å². The van der Waals surface area contributed by atoms with Crippen molar-refractivity contribution in [1.29, 1.82) is 0 Å². The second kappa shape index (κ2) is 5.31. The van der Waals surface area contributed by atoms with Gasteiger partial charge in [0.2, 0.25) is 0 Å². The molecule has 0 spiro atoms. The fraction of sp³-hybridized carbons (Fsp3) is 0.500. The lowest BCUT2D eigenvalue weighted by Gasteiger charge is -2.22. The minimum Gasteiger partial charge on any atom is -0.355 e. The van der Waals surface area contributed by atoms with Gasteiger partial charge in [0, 0.05) is 37.6 Å². The standard InChI is InChI=1S/C14H20BrN3/c1-16-13(18(2)3)17-10-14(7-8-14)11-5-4-6-12(15)9-11/h4-6,9H,7-8,10H2,1-3H3,(H,16,17). The van der Waals surface area contributed by atoms with Crippen molar-refractivity contribution in [2.75, 3.05) is 27.7 Å². The molecule has 0 heterocycles. The number of benzene rings is 1. The molecule has 0 atom stereocenters. The van der Waals surface area contributed by atoms with Crippen LogP contribution in [-0.2, 0) is 5.41 Å². The van der Waals surface area contributed by atoms with E-state index < -0.39 is 0 Å². The third-order valence-electron chi connectivity index (χ3n) is 3.51. The molecule has 0 radical (unpaired) electrons. The van der Waals surface area contributed by atoms with Gasteiger partial charge in [-0.2, -0.15) is 0 Å². The molecule has 18 heavy (non-hydrogen) atoms. The third-order valence-corrected chi connectivity index (χ3v) is 4.00. The first-order valence-corrected chi connectivity index (χ1v) is 7.01. The van der Waals surface area contributed by atoms with Gasteiger partial charge in [-0.05, 0) is 30.5 Å². The molecule has 1 aromatic rings. The van der Waals surface area contributed by atoms with Gasteiger partial charge in [0.15, 0.2) is 5.96 Å². The van der Waals surface area contributed by atoms with Crippen molar-refractivity contribution in [3.8, 4) is 0 Å². The maximum absolute atomic E-state index is 4.25. The average molecular weight is 310 g/mol. The van der Waals surface area contributed by atoms with Crippen LogP contribution in [0.15, 0.2) is 33.7 Å². The summed E-state index contributed by atoms with van der Waals surface area (Å²) in [6.45, 7) is 0.953. The van der Waals surface area contributed by atoms with E-state index in [0.29, 0.717) is 5.41 Å². The molecule has 98 valence electrons. The van der Waals surface area contributed by atoms with E-state index in [2.05, 4.69) is 50.5 Å². The van der Waals surface area contributed by atoms with Crippen molar-refractivity contribution >= 4 is 21.9 Å². The van der Waals surface area contributed by atoms with Crippen molar-refractivity contribution < 1.29 is 0 Å². The summed E-state index contributed by atoms with van der Waals surface area (Å²) in [7, 11) is 5.84. The van der Waals surface area contributed by atoms with E-state index >= 15 is 0 Å². The molecule has 1 aromatic carbocycles. The summed E-state index contributed by atoms with van der Waals surface area (Å²) in [5.74, 6) is 0.941. The first-order valence-electron chi connectivity index (χ1n) is 6.21. The molecule has 2 rings (SSSR count). The molecule has 0 amide bonds. The van der Waals surface area contributed by atoms with Crippen molar-refractivity contribution in [2.24, 2.45) is 4.99 Å². The van der Waals surface area contributed by atoms with Crippen LogP contribution in [0.1, 0.15) is 18.4 Å². The van der Waals surface area contributed by atoms with Gasteiger partial charge in [-0.3, -0.25) is 4.99 Å². The van der Waals surface area contributed by atoms with Gasteiger partial charge in [0.05, 0.1) is 0 Å². The highest BCUT2D eigenvalue weighted by Gasteiger charge is 2.44. The number of aliphatic imine (C=N–C) groups is 1. The Hall–Kier alpha value is -1.03. The highest BCUT2D eigenvalue weighted by atomic mass is 79.9. The Morgan fingerprint density at radius 2 is 2.17 bits per heavy atom. The summed E-state index contributed by atoms with van der Waals surface area (Å²) >= 11 is 3.55. The minimum atomic E-state index is 0.301. The highest BCUT2D eigenvalue weighted by molar-refractivity contribution is 9.10. The average Bonchev–Trinajstić information content (AvgIpc) is 3.10. The van der Waals surface area contributed by atoms with E-state index in [1.807, 2.05) is 26.0 Å². The number of halogens is 1. The zero-order valence-corrected chi connectivity index (χ0v) is 12.8. The lowest BCUT2D eigenvalue weighted by molar-refractivity contribution is 0.559. The predicted molar refractivity (Wildman–Crippen MR) is 80.1 cm³/mol. The van der Waals surface area contributed by atoms with Crippen LogP contribution >= 0.6 is 15.9 Å². The second-order valence-corrected chi connectivity index (χ2v) is 6.00. The molecule has 1 fully saturated rings. The second-order valence-electron chi connectivity index (χ2n) is 5.09. The van der Waals surface area contributed by atoms with Gasteiger partial charge in [0.25, 0.3) is 0 Å².